The van der Waals surface area contributed by atoms with Crippen LogP contribution >= 0.6 is 15.9 Å². The topological polar surface area (TPSA) is 63.0 Å². The van der Waals surface area contributed by atoms with Gasteiger partial charge in [-0.25, -0.2) is 4.79 Å². The summed E-state index contributed by atoms with van der Waals surface area (Å²) in [4.78, 5) is 11.6. The molecule has 2 aromatic carbocycles. The summed E-state index contributed by atoms with van der Waals surface area (Å²) >= 11 is 3.35. The number of halogens is 1. The molecule has 20 heavy (non-hydrogen) atoms. The Labute approximate surface area is 124 Å². The Bertz CT molecular complexity index is 627. The summed E-state index contributed by atoms with van der Waals surface area (Å²) in [5, 5.41) is 7.87. The number of hydrogen-bond donors (Lipinski definition) is 1. The summed E-state index contributed by atoms with van der Waals surface area (Å²) in [5.74, 6) is -0.441. The number of benzene rings is 2. The molecule has 0 aliphatic rings. The highest BCUT2D eigenvalue weighted by molar-refractivity contribution is 9.10. The SMILES string of the molecule is COC(=O)c1ccccc1N=NNc1ccc(Br)cc1. The van der Waals surface area contributed by atoms with Gasteiger partial charge in [-0.05, 0) is 36.4 Å². The number of nitrogens with one attached hydrogen (secondary N) is 1. The van der Waals surface area contributed by atoms with Crippen molar-refractivity contribution in [2.75, 3.05) is 12.5 Å². The smallest absolute Gasteiger partial charge is 0.340 e. The van der Waals surface area contributed by atoms with E-state index in [4.69, 9.17) is 0 Å². The van der Waals surface area contributed by atoms with Gasteiger partial charge in [0.1, 0.15) is 5.69 Å². The number of carbonyl (C=O) groups is 1. The molecule has 0 saturated heterocycles. The van der Waals surface area contributed by atoms with Crippen LogP contribution in [-0.2, 0) is 4.74 Å². The first-order chi connectivity index (χ1) is 9.70. The molecule has 0 heterocycles. The standard InChI is InChI=1S/C14H12BrN3O2/c1-20-14(19)12-4-2-3-5-13(12)17-18-16-11-8-6-10(15)7-9-11/h2-9H,1H3,(H,16,17). The Morgan fingerprint density at radius 2 is 1.85 bits per heavy atom. The van der Waals surface area contributed by atoms with Gasteiger partial charge < -0.3 is 4.74 Å². The number of nitrogens with zero attached hydrogens (tertiary/aromatic N) is 2. The zero-order chi connectivity index (χ0) is 14.4. The lowest BCUT2D eigenvalue weighted by atomic mass is 10.2. The van der Waals surface area contributed by atoms with Crippen molar-refractivity contribution in [2.24, 2.45) is 10.3 Å². The summed E-state index contributed by atoms with van der Waals surface area (Å²) < 4.78 is 5.67. The zero-order valence-electron chi connectivity index (χ0n) is 10.7. The van der Waals surface area contributed by atoms with Crippen molar-refractivity contribution in [3.05, 3.63) is 58.6 Å². The Kier molecular flexibility index (Phi) is 4.84. The van der Waals surface area contributed by atoms with Crippen molar-refractivity contribution in [3.63, 3.8) is 0 Å². The number of methoxy groups -OCH3 is 1. The minimum Gasteiger partial charge on any atom is -0.465 e. The van der Waals surface area contributed by atoms with Gasteiger partial charge >= 0.3 is 5.97 Å². The Balaban J connectivity index is 2.11. The predicted octanol–water partition coefficient (Wildman–Crippen LogP) is 4.35. The van der Waals surface area contributed by atoms with E-state index in [1.807, 2.05) is 24.3 Å². The van der Waals surface area contributed by atoms with Crippen LogP contribution in [0.1, 0.15) is 10.4 Å². The van der Waals surface area contributed by atoms with E-state index in [-0.39, 0.29) is 0 Å². The van der Waals surface area contributed by atoms with E-state index in [0.29, 0.717) is 11.3 Å². The summed E-state index contributed by atoms with van der Waals surface area (Å²) in [7, 11) is 1.33. The lowest BCUT2D eigenvalue weighted by Gasteiger charge is -2.02. The van der Waals surface area contributed by atoms with Gasteiger partial charge in [-0.1, -0.05) is 33.3 Å². The van der Waals surface area contributed by atoms with Crippen LogP contribution in [0.5, 0.6) is 0 Å². The van der Waals surface area contributed by atoms with Crippen molar-refractivity contribution in [3.8, 4) is 0 Å². The van der Waals surface area contributed by atoms with E-state index in [1.54, 1.807) is 24.3 Å². The first-order valence-electron chi connectivity index (χ1n) is 5.80. The molecule has 0 radical (unpaired) electrons. The molecule has 1 N–H and O–H groups in total. The van der Waals surface area contributed by atoms with Crippen molar-refractivity contribution >= 4 is 33.3 Å². The minimum absolute atomic E-state index is 0.372. The van der Waals surface area contributed by atoms with E-state index < -0.39 is 5.97 Å². The van der Waals surface area contributed by atoms with Gasteiger partial charge in [0.25, 0.3) is 0 Å². The molecule has 2 aromatic rings. The molecule has 0 unspecified atom stereocenters. The summed E-state index contributed by atoms with van der Waals surface area (Å²) in [6, 6.07) is 14.3. The highest BCUT2D eigenvalue weighted by Gasteiger charge is 2.10. The summed E-state index contributed by atoms with van der Waals surface area (Å²) in [5.41, 5.74) is 4.41. The predicted molar refractivity (Wildman–Crippen MR) is 80.1 cm³/mol. The van der Waals surface area contributed by atoms with Crippen LogP contribution in [0.25, 0.3) is 0 Å². The van der Waals surface area contributed by atoms with Crippen LogP contribution in [0.15, 0.2) is 63.3 Å². The second-order valence-corrected chi connectivity index (χ2v) is 4.74. The normalized spacial score (nSPS) is 10.5. The van der Waals surface area contributed by atoms with Crippen LogP contribution in [-0.4, -0.2) is 13.1 Å². The Morgan fingerprint density at radius 1 is 1.15 bits per heavy atom. The molecule has 0 saturated carbocycles. The first kappa shape index (κ1) is 14.2. The van der Waals surface area contributed by atoms with Gasteiger partial charge in [0.2, 0.25) is 0 Å². The number of hydrogen-bond acceptors (Lipinski definition) is 4. The highest BCUT2D eigenvalue weighted by atomic mass is 79.9. The van der Waals surface area contributed by atoms with Crippen LogP contribution in [0.2, 0.25) is 0 Å². The fourth-order valence-corrected chi connectivity index (χ4v) is 1.77. The van der Waals surface area contributed by atoms with Gasteiger partial charge in [-0.2, -0.15) is 0 Å². The van der Waals surface area contributed by atoms with Gasteiger partial charge in [0.05, 0.1) is 18.4 Å². The van der Waals surface area contributed by atoms with Gasteiger partial charge in [-0.15, -0.1) is 5.11 Å². The number of carbonyl (C=O) groups excluding carboxylic acids is 1. The lowest BCUT2D eigenvalue weighted by molar-refractivity contribution is 0.0601. The number of anilines is 1. The first-order valence-corrected chi connectivity index (χ1v) is 6.59. The quantitative estimate of drug-likeness (QED) is 0.514. The van der Waals surface area contributed by atoms with Crippen molar-refractivity contribution in [1.29, 1.82) is 0 Å². The summed E-state index contributed by atoms with van der Waals surface area (Å²) in [6.45, 7) is 0. The third-order valence-corrected chi connectivity index (χ3v) is 3.02. The van der Waals surface area contributed by atoms with Crippen molar-refractivity contribution in [2.45, 2.75) is 0 Å². The van der Waals surface area contributed by atoms with Crippen LogP contribution in [0, 0.1) is 0 Å². The maximum Gasteiger partial charge on any atom is 0.340 e. The second kappa shape index (κ2) is 6.81. The zero-order valence-corrected chi connectivity index (χ0v) is 12.3. The molecule has 6 heteroatoms. The molecule has 5 nitrogen and oxygen atoms in total. The van der Waals surface area contributed by atoms with Crippen LogP contribution < -0.4 is 5.43 Å². The fourth-order valence-electron chi connectivity index (χ4n) is 1.50. The minimum atomic E-state index is -0.441. The maximum atomic E-state index is 11.6. The Morgan fingerprint density at radius 3 is 2.55 bits per heavy atom. The third kappa shape index (κ3) is 3.64. The second-order valence-electron chi connectivity index (χ2n) is 3.83. The molecule has 0 spiro atoms. The van der Waals surface area contributed by atoms with Gasteiger partial charge in [0, 0.05) is 4.47 Å². The third-order valence-electron chi connectivity index (χ3n) is 2.49. The monoisotopic (exact) mass is 333 g/mol. The highest BCUT2D eigenvalue weighted by Crippen LogP contribution is 2.20. The van der Waals surface area contributed by atoms with Crippen LogP contribution in [0.4, 0.5) is 11.4 Å². The van der Waals surface area contributed by atoms with Crippen LogP contribution in [0.3, 0.4) is 0 Å². The molecule has 0 aliphatic heterocycles. The molecule has 0 fully saturated rings. The molecule has 102 valence electrons. The molecule has 2 rings (SSSR count). The van der Waals surface area contributed by atoms with Gasteiger partial charge in [0.15, 0.2) is 0 Å². The van der Waals surface area contributed by atoms with Crippen molar-refractivity contribution < 1.29 is 9.53 Å². The van der Waals surface area contributed by atoms with Crippen molar-refractivity contribution in [1.82, 2.24) is 0 Å². The average molecular weight is 334 g/mol. The molecule has 0 aromatic heterocycles. The largest absolute Gasteiger partial charge is 0.465 e. The maximum absolute atomic E-state index is 11.6. The molecule has 0 amide bonds. The fraction of sp³-hybridized carbons (Fsp3) is 0.0714. The molecular formula is C14H12BrN3O2. The van der Waals surface area contributed by atoms with E-state index in [2.05, 4.69) is 36.4 Å². The molecule has 0 bridgehead atoms. The molecular weight excluding hydrogens is 322 g/mol. The van der Waals surface area contributed by atoms with E-state index in [0.717, 1.165) is 10.2 Å². The van der Waals surface area contributed by atoms with E-state index in [1.165, 1.54) is 7.11 Å². The number of esters is 1. The summed E-state index contributed by atoms with van der Waals surface area (Å²) in [6.07, 6.45) is 0. The number of ether oxygens (including phenoxy) is 1. The lowest BCUT2D eigenvalue weighted by Crippen LogP contribution is -2.01. The average Bonchev–Trinajstić information content (AvgIpc) is 2.49. The number of rotatable bonds is 4. The van der Waals surface area contributed by atoms with E-state index >= 15 is 0 Å². The Hall–Kier alpha value is -2.21. The van der Waals surface area contributed by atoms with Gasteiger partial charge in [-0.3, -0.25) is 5.43 Å². The molecule has 0 aliphatic carbocycles. The molecule has 0 atom stereocenters. The van der Waals surface area contributed by atoms with E-state index in [9.17, 15) is 4.79 Å².